The second-order valence-corrected chi connectivity index (χ2v) is 4.18. The molecule has 0 radical (unpaired) electrons. The molecule has 0 aromatic heterocycles. The molecule has 0 bridgehead atoms. The lowest BCUT2D eigenvalue weighted by Crippen LogP contribution is -2.01. The van der Waals surface area contributed by atoms with E-state index in [0.717, 1.165) is 6.07 Å². The van der Waals surface area contributed by atoms with Crippen molar-refractivity contribution in [2.24, 2.45) is 0 Å². The number of carbonyl (C=O) groups is 1. The van der Waals surface area contributed by atoms with Crippen molar-refractivity contribution in [2.75, 3.05) is 0 Å². The third-order valence-electron chi connectivity index (χ3n) is 1.23. The third kappa shape index (κ3) is 3.43. The molecule has 0 N–H and O–H groups in total. The summed E-state index contributed by atoms with van der Waals surface area (Å²) in [4.78, 5) is 10.4. The lowest BCUT2D eigenvalue weighted by atomic mass is 10.2. The van der Waals surface area contributed by atoms with Crippen molar-refractivity contribution < 1.29 is 21.3 Å². The maximum absolute atomic E-state index is 12.1. The van der Waals surface area contributed by atoms with Crippen LogP contribution >= 0.6 is 15.9 Å². The van der Waals surface area contributed by atoms with Crippen molar-refractivity contribution in [3.05, 3.63) is 28.2 Å². The normalized spacial score (nSPS) is 11.0. The number of halogens is 2. The highest BCUT2D eigenvalue weighted by Gasteiger charge is 2.10. The molecule has 1 rings (SSSR count). The summed E-state index contributed by atoms with van der Waals surface area (Å²) in [6.45, 7) is 0. The first-order valence-electron chi connectivity index (χ1n) is 3.30. The molecular weight excluding hydrogens is 279 g/mol. The van der Waals surface area contributed by atoms with E-state index in [1.807, 2.05) is 0 Å². The van der Waals surface area contributed by atoms with Gasteiger partial charge in [0, 0.05) is 10.0 Å². The maximum atomic E-state index is 12.1. The standard InChI is InChI=1S/C7H4BrFO4S/c8-6-1-5(4-10)2-7(3-6)13-14(9,11)12/h1-4H. The predicted molar refractivity (Wildman–Crippen MR) is 50.2 cm³/mol. The minimum atomic E-state index is -5.06. The number of rotatable bonds is 3. The summed E-state index contributed by atoms with van der Waals surface area (Å²) in [5.74, 6) is -0.260. The minimum Gasteiger partial charge on any atom is -0.358 e. The van der Waals surface area contributed by atoms with Gasteiger partial charge in [0.1, 0.15) is 12.0 Å². The maximum Gasteiger partial charge on any atom is 0.488 e. The van der Waals surface area contributed by atoms with Crippen molar-refractivity contribution in [3.8, 4) is 5.75 Å². The number of benzene rings is 1. The molecular formula is C7H4BrFO4S. The van der Waals surface area contributed by atoms with Crippen LogP contribution in [0.2, 0.25) is 0 Å². The van der Waals surface area contributed by atoms with Gasteiger partial charge in [-0.05, 0) is 18.2 Å². The fourth-order valence-corrected chi connectivity index (χ4v) is 1.63. The molecule has 0 amide bonds. The zero-order valence-corrected chi connectivity index (χ0v) is 9.01. The predicted octanol–water partition coefficient (Wildman–Crippen LogP) is 1.85. The average Bonchev–Trinajstić information content (AvgIpc) is 1.99. The first-order chi connectivity index (χ1) is 6.40. The van der Waals surface area contributed by atoms with Gasteiger partial charge in [-0.3, -0.25) is 4.79 Å². The van der Waals surface area contributed by atoms with E-state index in [-0.39, 0.29) is 11.3 Å². The Hall–Kier alpha value is -0.950. The Morgan fingerprint density at radius 2 is 2.00 bits per heavy atom. The van der Waals surface area contributed by atoms with E-state index in [9.17, 15) is 17.1 Å². The van der Waals surface area contributed by atoms with Gasteiger partial charge < -0.3 is 4.18 Å². The van der Waals surface area contributed by atoms with E-state index >= 15 is 0 Å². The molecule has 0 fully saturated rings. The molecule has 0 unspecified atom stereocenters. The van der Waals surface area contributed by atoms with E-state index in [1.54, 1.807) is 0 Å². The molecule has 0 aliphatic rings. The Balaban J connectivity index is 3.10. The summed E-state index contributed by atoms with van der Waals surface area (Å²) in [6.07, 6.45) is 0.489. The molecule has 0 atom stereocenters. The Morgan fingerprint density at radius 3 is 2.50 bits per heavy atom. The average molecular weight is 283 g/mol. The van der Waals surface area contributed by atoms with Crippen LogP contribution in [0.1, 0.15) is 10.4 Å². The molecule has 0 heterocycles. The van der Waals surface area contributed by atoms with Crippen LogP contribution < -0.4 is 4.18 Å². The van der Waals surface area contributed by atoms with Crippen LogP contribution in [0.4, 0.5) is 3.89 Å². The van der Waals surface area contributed by atoms with Crippen molar-refractivity contribution in [3.63, 3.8) is 0 Å². The number of carbonyl (C=O) groups excluding carboxylic acids is 1. The molecule has 0 saturated heterocycles. The van der Waals surface area contributed by atoms with E-state index in [4.69, 9.17) is 0 Å². The molecule has 0 spiro atoms. The molecule has 14 heavy (non-hydrogen) atoms. The summed E-state index contributed by atoms with van der Waals surface area (Å²) in [6, 6.07) is 3.77. The van der Waals surface area contributed by atoms with Crippen LogP contribution in [0, 0.1) is 0 Å². The molecule has 0 saturated carbocycles. The number of hydrogen-bond acceptors (Lipinski definition) is 4. The van der Waals surface area contributed by atoms with Crippen LogP contribution in [0.5, 0.6) is 5.75 Å². The smallest absolute Gasteiger partial charge is 0.358 e. The molecule has 4 nitrogen and oxygen atoms in total. The zero-order chi connectivity index (χ0) is 10.8. The number of aldehydes is 1. The van der Waals surface area contributed by atoms with E-state index in [2.05, 4.69) is 20.1 Å². The topological polar surface area (TPSA) is 60.4 Å². The van der Waals surface area contributed by atoms with Crippen LogP contribution in [0.25, 0.3) is 0 Å². The summed E-state index contributed by atoms with van der Waals surface area (Å²) < 4.78 is 36.7. The Bertz CT molecular complexity index is 457. The minimum absolute atomic E-state index is 0.179. The second kappa shape index (κ2) is 4.05. The van der Waals surface area contributed by atoms with Crippen molar-refractivity contribution in [2.45, 2.75) is 0 Å². The first-order valence-corrected chi connectivity index (χ1v) is 5.41. The van der Waals surface area contributed by atoms with Gasteiger partial charge in [-0.15, -0.1) is 0 Å². The SMILES string of the molecule is O=Cc1cc(Br)cc(OS(=O)(=O)F)c1. The highest BCUT2D eigenvalue weighted by Crippen LogP contribution is 2.22. The Kier molecular flexibility index (Phi) is 3.22. The highest BCUT2D eigenvalue weighted by molar-refractivity contribution is 9.10. The quantitative estimate of drug-likeness (QED) is 0.627. The van der Waals surface area contributed by atoms with Gasteiger partial charge in [0.2, 0.25) is 0 Å². The van der Waals surface area contributed by atoms with Crippen LogP contribution in [-0.2, 0) is 10.5 Å². The van der Waals surface area contributed by atoms with E-state index in [1.165, 1.54) is 12.1 Å². The lowest BCUT2D eigenvalue weighted by Gasteiger charge is -2.01. The molecule has 1 aromatic carbocycles. The Labute approximate surface area is 88.2 Å². The molecule has 7 heteroatoms. The van der Waals surface area contributed by atoms with Gasteiger partial charge in [-0.1, -0.05) is 19.8 Å². The van der Waals surface area contributed by atoms with E-state index in [0.29, 0.717) is 10.8 Å². The van der Waals surface area contributed by atoms with Crippen LogP contribution in [0.15, 0.2) is 22.7 Å². The highest BCUT2D eigenvalue weighted by atomic mass is 79.9. The monoisotopic (exact) mass is 282 g/mol. The van der Waals surface area contributed by atoms with Crippen molar-refractivity contribution in [1.82, 2.24) is 0 Å². The lowest BCUT2D eigenvalue weighted by molar-refractivity contribution is 0.112. The van der Waals surface area contributed by atoms with Gasteiger partial charge in [0.15, 0.2) is 0 Å². The van der Waals surface area contributed by atoms with Crippen molar-refractivity contribution in [1.29, 1.82) is 0 Å². The fourth-order valence-electron chi connectivity index (χ4n) is 0.815. The van der Waals surface area contributed by atoms with Crippen LogP contribution in [-0.4, -0.2) is 14.7 Å². The van der Waals surface area contributed by atoms with E-state index < -0.39 is 10.5 Å². The summed E-state index contributed by atoms with van der Waals surface area (Å²) in [5.41, 5.74) is 0.179. The van der Waals surface area contributed by atoms with Gasteiger partial charge >= 0.3 is 10.5 Å². The molecule has 0 aliphatic carbocycles. The molecule has 1 aromatic rings. The summed E-state index contributed by atoms with van der Waals surface area (Å²) in [7, 11) is -5.06. The summed E-state index contributed by atoms with van der Waals surface area (Å²) >= 11 is 3.01. The second-order valence-electron chi connectivity index (χ2n) is 2.31. The summed E-state index contributed by atoms with van der Waals surface area (Å²) in [5, 5.41) is 0. The Morgan fingerprint density at radius 1 is 1.36 bits per heavy atom. The third-order valence-corrected chi connectivity index (χ3v) is 2.07. The molecule has 76 valence electrons. The van der Waals surface area contributed by atoms with Gasteiger partial charge in [-0.25, -0.2) is 0 Å². The van der Waals surface area contributed by atoms with Gasteiger partial charge in [0.05, 0.1) is 0 Å². The van der Waals surface area contributed by atoms with Crippen LogP contribution in [0.3, 0.4) is 0 Å². The fraction of sp³-hybridized carbons (Fsp3) is 0. The molecule has 0 aliphatic heterocycles. The first kappa shape index (κ1) is 11.1. The zero-order valence-electron chi connectivity index (χ0n) is 6.61. The largest absolute Gasteiger partial charge is 0.488 e. The van der Waals surface area contributed by atoms with Gasteiger partial charge in [-0.2, -0.15) is 8.42 Å². The van der Waals surface area contributed by atoms with Gasteiger partial charge in [0.25, 0.3) is 0 Å². The number of hydrogen-bond donors (Lipinski definition) is 0. The van der Waals surface area contributed by atoms with Crippen molar-refractivity contribution >= 4 is 32.7 Å².